The molecule has 0 atom stereocenters. The van der Waals surface area contributed by atoms with E-state index < -0.39 is 18.4 Å². The fourth-order valence-corrected chi connectivity index (χ4v) is 8.81. The zero-order valence-corrected chi connectivity index (χ0v) is 12.0. The van der Waals surface area contributed by atoms with Gasteiger partial charge in [0.25, 0.3) is 0 Å². The van der Waals surface area contributed by atoms with Crippen molar-refractivity contribution in [3.8, 4) is 0 Å². The minimum absolute atomic E-state index is 1.49. The number of rotatable bonds is 1. The summed E-state index contributed by atoms with van der Waals surface area (Å²) in [6.07, 6.45) is 0. The van der Waals surface area contributed by atoms with Gasteiger partial charge in [0.2, 0.25) is 0 Å². The molecule has 0 unspecified atom stereocenters. The van der Waals surface area contributed by atoms with E-state index in [-0.39, 0.29) is 0 Å². The molecule has 0 saturated carbocycles. The molecular formula is C9H12S2Sn. The average Bonchev–Trinajstić information content (AvgIpc) is 2.37. The van der Waals surface area contributed by atoms with Gasteiger partial charge in [-0.1, -0.05) is 0 Å². The van der Waals surface area contributed by atoms with Crippen LogP contribution in [0, 0.1) is 0 Å². The number of thiophene rings is 2. The Hall–Kier alpha value is 0.459. The Morgan fingerprint density at radius 1 is 1.17 bits per heavy atom. The predicted octanol–water partition coefficient (Wildman–Crippen LogP) is 3.51. The van der Waals surface area contributed by atoms with E-state index >= 15 is 0 Å². The molecule has 0 aliphatic heterocycles. The summed E-state index contributed by atoms with van der Waals surface area (Å²) in [6.45, 7) is 0. The second-order valence-electron chi connectivity index (χ2n) is 4.01. The van der Waals surface area contributed by atoms with Crippen LogP contribution in [-0.2, 0) is 0 Å². The zero-order chi connectivity index (χ0) is 8.77. The first kappa shape index (κ1) is 9.03. The molecule has 12 heavy (non-hydrogen) atoms. The van der Waals surface area contributed by atoms with E-state index in [2.05, 4.69) is 32.3 Å². The van der Waals surface area contributed by atoms with Crippen molar-refractivity contribution in [3.63, 3.8) is 0 Å². The standard InChI is InChI=1S/C6H3S2.3CH3.Sn/c1-3-7-6-2-4-8-5(1)6;;;;/h1-3H;3*1H3;. The van der Waals surface area contributed by atoms with E-state index in [9.17, 15) is 0 Å². The van der Waals surface area contributed by atoms with Crippen LogP contribution in [0.5, 0.6) is 0 Å². The number of hydrogen-bond donors (Lipinski definition) is 0. The summed E-state index contributed by atoms with van der Waals surface area (Å²) in [5.41, 5.74) is 0. The Balaban J connectivity index is 2.59. The molecule has 0 spiro atoms. The molecule has 0 aromatic carbocycles. The van der Waals surface area contributed by atoms with E-state index in [1.165, 1.54) is 9.40 Å². The summed E-state index contributed by atoms with van der Waals surface area (Å²) >= 11 is 2.13. The Kier molecular flexibility index (Phi) is 2.25. The molecule has 0 nitrogen and oxygen atoms in total. The summed E-state index contributed by atoms with van der Waals surface area (Å²) in [6, 6.07) is 4.66. The Morgan fingerprint density at radius 3 is 2.50 bits per heavy atom. The van der Waals surface area contributed by atoms with Crippen molar-refractivity contribution in [1.29, 1.82) is 0 Å². The Bertz CT molecular complexity index is 363. The van der Waals surface area contributed by atoms with Gasteiger partial charge in [-0.2, -0.15) is 0 Å². The topological polar surface area (TPSA) is 0 Å². The molecule has 2 rings (SSSR count). The first-order valence-electron chi connectivity index (χ1n) is 4.05. The molecule has 0 aliphatic carbocycles. The van der Waals surface area contributed by atoms with Crippen LogP contribution in [0.2, 0.25) is 14.8 Å². The third-order valence-electron chi connectivity index (χ3n) is 1.88. The van der Waals surface area contributed by atoms with Gasteiger partial charge < -0.3 is 0 Å². The van der Waals surface area contributed by atoms with Crippen LogP contribution < -0.4 is 2.89 Å². The molecule has 2 heterocycles. The molecule has 2 aromatic rings. The van der Waals surface area contributed by atoms with Gasteiger partial charge in [-0.05, 0) is 0 Å². The van der Waals surface area contributed by atoms with E-state index in [1.54, 1.807) is 2.89 Å². The van der Waals surface area contributed by atoms with Crippen LogP contribution in [0.25, 0.3) is 9.40 Å². The van der Waals surface area contributed by atoms with E-state index in [0.717, 1.165) is 0 Å². The molecule has 0 radical (unpaired) electrons. The maximum absolute atomic E-state index is 2.48. The Labute approximate surface area is 85.1 Å². The fourth-order valence-electron chi connectivity index (χ4n) is 1.14. The first-order valence-corrected chi connectivity index (χ1v) is 15.7. The molecule has 2 aromatic heterocycles. The monoisotopic (exact) mass is 304 g/mol. The van der Waals surface area contributed by atoms with Gasteiger partial charge in [0, 0.05) is 0 Å². The SMILES string of the molecule is [CH3][Sn]([CH3])([CH3])[c]1cc2sccc2s1. The van der Waals surface area contributed by atoms with Crippen molar-refractivity contribution in [3.05, 3.63) is 17.5 Å². The normalized spacial score (nSPS) is 12.6. The predicted molar refractivity (Wildman–Crippen MR) is 62.7 cm³/mol. The molecule has 3 heteroatoms. The fraction of sp³-hybridized carbons (Fsp3) is 0.333. The molecule has 64 valence electrons. The van der Waals surface area contributed by atoms with Gasteiger partial charge >= 0.3 is 85.7 Å². The zero-order valence-electron chi connectivity index (χ0n) is 7.55. The maximum atomic E-state index is 2.48. The second-order valence-corrected chi connectivity index (χ2v) is 21.5. The van der Waals surface area contributed by atoms with Crippen LogP contribution in [0.1, 0.15) is 0 Å². The molecule has 0 fully saturated rings. The van der Waals surface area contributed by atoms with Crippen LogP contribution in [0.4, 0.5) is 0 Å². The van der Waals surface area contributed by atoms with Crippen LogP contribution in [0.15, 0.2) is 17.5 Å². The number of hydrogen-bond acceptors (Lipinski definition) is 2. The van der Waals surface area contributed by atoms with Crippen molar-refractivity contribution < 1.29 is 0 Å². The third kappa shape index (κ3) is 1.56. The van der Waals surface area contributed by atoms with Crippen LogP contribution in [0.3, 0.4) is 0 Å². The Morgan fingerprint density at radius 2 is 1.92 bits per heavy atom. The molecule has 0 bridgehead atoms. The van der Waals surface area contributed by atoms with Gasteiger partial charge in [-0.25, -0.2) is 0 Å². The molecule has 0 saturated heterocycles. The summed E-state index contributed by atoms with van der Waals surface area (Å²) in [5, 5.41) is 2.18. The van der Waals surface area contributed by atoms with E-state index in [1.807, 2.05) is 22.7 Å². The third-order valence-corrected chi connectivity index (χ3v) is 13.4. The summed E-state index contributed by atoms with van der Waals surface area (Å²) in [7, 11) is 0. The van der Waals surface area contributed by atoms with Crippen LogP contribution in [-0.4, -0.2) is 18.4 Å². The first-order chi connectivity index (χ1) is 5.57. The van der Waals surface area contributed by atoms with Gasteiger partial charge in [0.15, 0.2) is 0 Å². The summed E-state index contributed by atoms with van der Waals surface area (Å²) in [5.74, 6) is 0. The molecule has 0 N–H and O–H groups in total. The molecule has 0 aliphatic rings. The summed E-state index contributed by atoms with van der Waals surface area (Å²) in [4.78, 5) is 7.43. The van der Waals surface area contributed by atoms with Crippen molar-refractivity contribution in [2.75, 3.05) is 0 Å². The van der Waals surface area contributed by atoms with Crippen LogP contribution >= 0.6 is 22.7 Å². The van der Waals surface area contributed by atoms with Gasteiger partial charge in [-0.15, -0.1) is 0 Å². The van der Waals surface area contributed by atoms with E-state index in [4.69, 9.17) is 0 Å². The minimum atomic E-state index is -1.75. The van der Waals surface area contributed by atoms with E-state index in [0.29, 0.717) is 0 Å². The number of fused-ring (bicyclic) bond motifs is 1. The van der Waals surface area contributed by atoms with Gasteiger partial charge in [0.1, 0.15) is 0 Å². The second kappa shape index (κ2) is 2.99. The van der Waals surface area contributed by atoms with Gasteiger partial charge in [0.05, 0.1) is 0 Å². The van der Waals surface area contributed by atoms with Crippen molar-refractivity contribution in [2.45, 2.75) is 14.8 Å². The van der Waals surface area contributed by atoms with Crippen molar-refractivity contribution in [1.82, 2.24) is 0 Å². The molecular weight excluding hydrogens is 291 g/mol. The van der Waals surface area contributed by atoms with Crippen molar-refractivity contribution >= 4 is 53.3 Å². The van der Waals surface area contributed by atoms with Gasteiger partial charge in [-0.3, -0.25) is 0 Å². The quantitative estimate of drug-likeness (QED) is 0.707. The van der Waals surface area contributed by atoms with Crippen molar-refractivity contribution in [2.24, 2.45) is 0 Å². The molecule has 0 amide bonds. The average molecular weight is 303 g/mol. The summed E-state index contributed by atoms with van der Waals surface area (Å²) < 4.78 is 4.68.